The van der Waals surface area contributed by atoms with Gasteiger partial charge in [0.1, 0.15) is 5.52 Å². The average molecular weight is 498 g/mol. The van der Waals surface area contributed by atoms with Crippen LogP contribution in [-0.4, -0.2) is 9.97 Å². The summed E-state index contributed by atoms with van der Waals surface area (Å²) >= 11 is 15.6. The van der Waals surface area contributed by atoms with Crippen molar-refractivity contribution >= 4 is 60.9 Å². The van der Waals surface area contributed by atoms with Crippen molar-refractivity contribution in [3.63, 3.8) is 0 Å². The summed E-state index contributed by atoms with van der Waals surface area (Å²) in [6, 6.07) is 19.9. The van der Waals surface area contributed by atoms with Crippen molar-refractivity contribution in [2.45, 2.75) is 0 Å². The lowest BCUT2D eigenvalue weighted by atomic mass is 10.0. The van der Waals surface area contributed by atoms with Crippen LogP contribution in [0.3, 0.4) is 0 Å². The van der Waals surface area contributed by atoms with Gasteiger partial charge in [0.2, 0.25) is 5.89 Å². The molecule has 0 amide bonds. The zero-order valence-corrected chi connectivity index (χ0v) is 18.3. The Bertz CT molecular complexity index is 1480. The van der Waals surface area contributed by atoms with Crippen LogP contribution in [0, 0.1) is 0 Å². The summed E-state index contributed by atoms with van der Waals surface area (Å²) in [7, 11) is 0. The van der Waals surface area contributed by atoms with E-state index >= 15 is 0 Å². The number of aromatic nitrogens is 2. The minimum absolute atomic E-state index is 0.200. The van der Waals surface area contributed by atoms with Gasteiger partial charge in [-0.1, -0.05) is 51.3 Å². The van der Waals surface area contributed by atoms with E-state index in [0.29, 0.717) is 43.1 Å². The van der Waals surface area contributed by atoms with Crippen molar-refractivity contribution in [2.75, 3.05) is 0 Å². The monoisotopic (exact) mass is 496 g/mol. The average Bonchev–Trinajstić information content (AvgIpc) is 2.74. The summed E-state index contributed by atoms with van der Waals surface area (Å²) in [5.41, 5.74) is 2.66. The summed E-state index contributed by atoms with van der Waals surface area (Å²) in [6.07, 6.45) is 0. The maximum Gasteiger partial charge on any atom is 0.347 e. The lowest BCUT2D eigenvalue weighted by Gasteiger charge is -2.10. The van der Waals surface area contributed by atoms with Crippen molar-refractivity contribution in [1.29, 1.82) is 0 Å². The summed E-state index contributed by atoms with van der Waals surface area (Å²) in [5, 5.41) is 2.03. The van der Waals surface area contributed by atoms with Gasteiger partial charge in [0.05, 0.1) is 16.6 Å². The Labute approximate surface area is 189 Å². The molecule has 0 radical (unpaired) electrons. The van der Waals surface area contributed by atoms with Gasteiger partial charge in [0, 0.05) is 31.0 Å². The zero-order valence-electron chi connectivity index (χ0n) is 15.2. The number of benzene rings is 3. The van der Waals surface area contributed by atoms with E-state index in [2.05, 4.69) is 20.9 Å². The van der Waals surface area contributed by atoms with Crippen LogP contribution >= 0.6 is 39.1 Å². The quantitative estimate of drug-likeness (QED) is 0.243. The molecule has 0 saturated heterocycles. The summed E-state index contributed by atoms with van der Waals surface area (Å²) in [6.45, 7) is 0. The van der Waals surface area contributed by atoms with Crippen LogP contribution in [0.2, 0.25) is 10.0 Å². The van der Waals surface area contributed by atoms with Crippen molar-refractivity contribution in [3.05, 3.63) is 91.7 Å². The van der Waals surface area contributed by atoms with E-state index in [-0.39, 0.29) is 5.89 Å². The predicted molar refractivity (Wildman–Crippen MR) is 124 cm³/mol. The van der Waals surface area contributed by atoms with Crippen LogP contribution in [-0.2, 0) is 0 Å². The third-order valence-corrected chi connectivity index (χ3v) is 5.75. The highest BCUT2D eigenvalue weighted by atomic mass is 79.9. The Kier molecular flexibility index (Phi) is 4.82. The highest BCUT2D eigenvalue weighted by molar-refractivity contribution is 9.10. The lowest BCUT2D eigenvalue weighted by molar-refractivity contribution is 0.519. The van der Waals surface area contributed by atoms with Crippen molar-refractivity contribution in [1.82, 2.24) is 9.97 Å². The predicted octanol–water partition coefficient (Wildman–Crippen LogP) is 7.14. The third kappa shape index (κ3) is 3.39. The molecular formula is C23H11BrCl2N2O2. The molecule has 0 bridgehead atoms. The normalized spacial score (nSPS) is 11.3. The maximum absolute atomic E-state index is 13.1. The molecule has 5 aromatic rings. The minimum Gasteiger partial charge on any atom is -0.403 e. The second-order valence-corrected chi connectivity index (χ2v) is 8.45. The molecule has 2 aromatic heterocycles. The smallest absolute Gasteiger partial charge is 0.347 e. The molecule has 0 aliphatic rings. The van der Waals surface area contributed by atoms with E-state index in [1.54, 1.807) is 42.5 Å². The lowest BCUT2D eigenvalue weighted by Crippen LogP contribution is -2.06. The van der Waals surface area contributed by atoms with Crippen molar-refractivity contribution in [2.24, 2.45) is 0 Å². The highest BCUT2D eigenvalue weighted by Gasteiger charge is 2.18. The van der Waals surface area contributed by atoms with E-state index in [9.17, 15) is 4.79 Å². The summed E-state index contributed by atoms with van der Waals surface area (Å²) < 4.78 is 6.53. The van der Waals surface area contributed by atoms with Crippen LogP contribution in [0.25, 0.3) is 44.5 Å². The molecule has 0 unspecified atom stereocenters. The van der Waals surface area contributed by atoms with Gasteiger partial charge >= 0.3 is 5.63 Å². The van der Waals surface area contributed by atoms with Crippen LogP contribution in [0.4, 0.5) is 0 Å². The van der Waals surface area contributed by atoms with E-state index < -0.39 is 5.63 Å². The first-order chi connectivity index (χ1) is 14.5. The topological polar surface area (TPSA) is 56.0 Å². The Morgan fingerprint density at radius 1 is 0.800 bits per heavy atom. The summed E-state index contributed by atoms with van der Waals surface area (Å²) in [4.78, 5) is 22.6. The van der Waals surface area contributed by atoms with Gasteiger partial charge in [-0.3, -0.25) is 0 Å². The number of nitrogens with zero attached hydrogens (tertiary/aromatic N) is 2. The SMILES string of the molecule is O=c1oc(-c2ccc(Cl)cc2)nc2c(-c3ccc(Br)cc3)nc3ccc(Cl)cc3c12. The second-order valence-electron chi connectivity index (χ2n) is 6.67. The molecule has 0 spiro atoms. The van der Waals surface area contributed by atoms with Gasteiger partial charge in [-0.2, -0.15) is 0 Å². The first-order valence-corrected chi connectivity index (χ1v) is 10.5. The molecule has 2 heterocycles. The fraction of sp³-hybridized carbons (Fsp3) is 0. The standard InChI is InChI=1S/C23H11BrCl2N2O2/c24-14-5-1-12(2-6-14)20-21-19(17-11-16(26)9-10-18(17)27-20)23(29)30-22(28-21)13-3-7-15(25)8-4-13/h1-11H. The maximum atomic E-state index is 13.1. The molecule has 0 N–H and O–H groups in total. The first kappa shape index (κ1) is 19.2. The number of pyridine rings is 1. The zero-order chi connectivity index (χ0) is 20.8. The van der Waals surface area contributed by atoms with Crippen LogP contribution in [0.15, 0.2) is 80.4 Å². The van der Waals surface area contributed by atoms with E-state index in [1.807, 2.05) is 24.3 Å². The number of hydrogen-bond acceptors (Lipinski definition) is 4. The molecule has 146 valence electrons. The first-order valence-electron chi connectivity index (χ1n) is 8.95. The fourth-order valence-electron chi connectivity index (χ4n) is 3.33. The summed E-state index contributed by atoms with van der Waals surface area (Å²) in [5.74, 6) is 0.200. The molecule has 0 aliphatic heterocycles. The van der Waals surface area contributed by atoms with Gasteiger partial charge in [-0.25, -0.2) is 14.8 Å². The van der Waals surface area contributed by atoms with Crippen molar-refractivity contribution < 1.29 is 4.42 Å². The highest BCUT2D eigenvalue weighted by Crippen LogP contribution is 2.33. The molecule has 0 fully saturated rings. The Morgan fingerprint density at radius 3 is 2.20 bits per heavy atom. The number of fused-ring (bicyclic) bond motifs is 3. The molecule has 0 saturated carbocycles. The van der Waals surface area contributed by atoms with Gasteiger partial charge in [0.15, 0.2) is 0 Å². The Balaban J connectivity index is 1.90. The second kappa shape index (κ2) is 7.51. The molecule has 4 nitrogen and oxygen atoms in total. The number of hydrogen-bond donors (Lipinski definition) is 0. The Morgan fingerprint density at radius 2 is 1.47 bits per heavy atom. The molecular weight excluding hydrogens is 487 g/mol. The largest absolute Gasteiger partial charge is 0.403 e. The van der Waals surface area contributed by atoms with E-state index in [4.69, 9.17) is 32.6 Å². The van der Waals surface area contributed by atoms with Crippen molar-refractivity contribution in [3.8, 4) is 22.7 Å². The van der Waals surface area contributed by atoms with Crippen LogP contribution in [0.5, 0.6) is 0 Å². The van der Waals surface area contributed by atoms with Gasteiger partial charge in [0.25, 0.3) is 0 Å². The van der Waals surface area contributed by atoms with Gasteiger partial charge < -0.3 is 4.42 Å². The molecule has 5 rings (SSSR count). The Hall–Kier alpha value is -2.73. The van der Waals surface area contributed by atoms with Crippen LogP contribution < -0.4 is 5.63 Å². The molecule has 0 atom stereocenters. The molecule has 30 heavy (non-hydrogen) atoms. The third-order valence-electron chi connectivity index (χ3n) is 4.74. The number of halogens is 3. The molecule has 0 aliphatic carbocycles. The minimum atomic E-state index is -0.502. The molecule has 3 aromatic carbocycles. The molecule has 7 heteroatoms. The van der Waals surface area contributed by atoms with Crippen LogP contribution in [0.1, 0.15) is 0 Å². The van der Waals surface area contributed by atoms with Gasteiger partial charge in [-0.15, -0.1) is 0 Å². The van der Waals surface area contributed by atoms with Gasteiger partial charge in [-0.05, 0) is 54.6 Å². The van der Waals surface area contributed by atoms with E-state index in [1.165, 1.54) is 0 Å². The number of rotatable bonds is 2. The van der Waals surface area contributed by atoms with E-state index in [0.717, 1.165) is 10.0 Å². The fourth-order valence-corrected chi connectivity index (χ4v) is 3.89.